The average molecular weight is 215 g/mol. The lowest BCUT2D eigenvalue weighted by molar-refractivity contribution is 0.357. The zero-order chi connectivity index (χ0) is 10.8. The van der Waals surface area contributed by atoms with Crippen LogP contribution in [0, 0.1) is 0 Å². The zero-order valence-corrected chi connectivity index (χ0v) is 8.90. The summed E-state index contributed by atoms with van der Waals surface area (Å²) >= 11 is 0. The summed E-state index contributed by atoms with van der Waals surface area (Å²) in [5, 5.41) is 3.36. The first-order chi connectivity index (χ1) is 7.92. The number of hydrogen-bond donors (Lipinski definition) is 1. The topological polar surface area (TPSA) is 34.4 Å². The highest BCUT2D eigenvalue weighted by molar-refractivity contribution is 5.52. The maximum atomic E-state index is 5.46. The van der Waals surface area contributed by atoms with Crippen molar-refractivity contribution in [2.24, 2.45) is 0 Å². The normalized spacial score (nSPS) is 13.2. The Balaban J connectivity index is 1.71. The molecule has 0 radical (unpaired) electrons. The van der Waals surface area contributed by atoms with E-state index in [4.69, 9.17) is 9.15 Å². The van der Waals surface area contributed by atoms with Gasteiger partial charge in [0.2, 0.25) is 0 Å². The van der Waals surface area contributed by atoms with Crippen LogP contribution in [-0.4, -0.2) is 6.61 Å². The van der Waals surface area contributed by atoms with Gasteiger partial charge in [0.15, 0.2) is 0 Å². The molecule has 1 N–H and O–H groups in total. The molecule has 0 saturated heterocycles. The molecule has 0 amide bonds. The quantitative estimate of drug-likeness (QED) is 0.854. The monoisotopic (exact) mass is 215 g/mol. The fourth-order valence-electron chi connectivity index (χ4n) is 1.89. The lowest BCUT2D eigenvalue weighted by Crippen LogP contribution is -1.98. The molecular weight excluding hydrogens is 202 g/mol. The van der Waals surface area contributed by atoms with E-state index in [-0.39, 0.29) is 0 Å². The lowest BCUT2D eigenvalue weighted by atomic mass is 10.1. The van der Waals surface area contributed by atoms with E-state index in [2.05, 4.69) is 11.4 Å². The highest BCUT2D eigenvalue weighted by Crippen LogP contribution is 2.27. The Morgan fingerprint density at radius 3 is 3.12 bits per heavy atom. The smallest absolute Gasteiger partial charge is 0.122 e. The van der Waals surface area contributed by atoms with E-state index in [9.17, 15) is 0 Å². The van der Waals surface area contributed by atoms with Gasteiger partial charge >= 0.3 is 0 Å². The van der Waals surface area contributed by atoms with Gasteiger partial charge in [-0.2, -0.15) is 0 Å². The minimum Gasteiger partial charge on any atom is -0.493 e. The summed E-state index contributed by atoms with van der Waals surface area (Å²) in [5.41, 5.74) is 3.57. The molecule has 0 aliphatic carbocycles. The third-order valence-electron chi connectivity index (χ3n) is 2.77. The van der Waals surface area contributed by atoms with E-state index in [1.54, 1.807) is 12.5 Å². The number of benzene rings is 1. The van der Waals surface area contributed by atoms with Crippen molar-refractivity contribution in [2.75, 3.05) is 11.9 Å². The van der Waals surface area contributed by atoms with Crippen LogP contribution in [0.2, 0.25) is 0 Å². The molecule has 2 heterocycles. The molecule has 0 bridgehead atoms. The number of fused-ring (bicyclic) bond motifs is 1. The van der Waals surface area contributed by atoms with Crippen molar-refractivity contribution in [1.29, 1.82) is 0 Å². The van der Waals surface area contributed by atoms with Gasteiger partial charge in [-0.05, 0) is 29.8 Å². The van der Waals surface area contributed by atoms with E-state index in [1.165, 1.54) is 5.56 Å². The van der Waals surface area contributed by atoms with Crippen molar-refractivity contribution in [3.8, 4) is 5.75 Å². The van der Waals surface area contributed by atoms with Crippen LogP contribution in [0.3, 0.4) is 0 Å². The first-order valence-electron chi connectivity index (χ1n) is 5.42. The van der Waals surface area contributed by atoms with Crippen molar-refractivity contribution in [2.45, 2.75) is 13.0 Å². The molecular formula is C13H13NO2. The van der Waals surface area contributed by atoms with Gasteiger partial charge < -0.3 is 14.5 Å². The molecule has 0 spiro atoms. The summed E-state index contributed by atoms with van der Waals surface area (Å²) < 4.78 is 10.5. The first-order valence-corrected chi connectivity index (χ1v) is 5.42. The van der Waals surface area contributed by atoms with Crippen LogP contribution in [0.1, 0.15) is 11.1 Å². The van der Waals surface area contributed by atoms with Gasteiger partial charge in [0, 0.05) is 24.2 Å². The summed E-state index contributed by atoms with van der Waals surface area (Å²) in [6.07, 6.45) is 4.45. The summed E-state index contributed by atoms with van der Waals surface area (Å²) in [6, 6.07) is 8.19. The Morgan fingerprint density at radius 2 is 2.25 bits per heavy atom. The van der Waals surface area contributed by atoms with Gasteiger partial charge in [0.25, 0.3) is 0 Å². The molecule has 16 heavy (non-hydrogen) atoms. The van der Waals surface area contributed by atoms with Crippen molar-refractivity contribution in [3.63, 3.8) is 0 Å². The Kier molecular flexibility index (Phi) is 2.29. The SMILES string of the molecule is c1cc(CNc2ccc3c(c2)CCO3)co1. The maximum absolute atomic E-state index is 5.46. The minimum atomic E-state index is 0.788. The Bertz CT molecular complexity index is 477. The fourth-order valence-corrected chi connectivity index (χ4v) is 1.89. The van der Waals surface area contributed by atoms with Gasteiger partial charge in [-0.25, -0.2) is 0 Å². The van der Waals surface area contributed by atoms with Crippen LogP contribution >= 0.6 is 0 Å². The molecule has 3 nitrogen and oxygen atoms in total. The Labute approximate surface area is 94.0 Å². The molecule has 0 unspecified atom stereocenters. The molecule has 0 saturated carbocycles. The van der Waals surface area contributed by atoms with E-state index < -0.39 is 0 Å². The van der Waals surface area contributed by atoms with Gasteiger partial charge in [0.05, 0.1) is 19.1 Å². The van der Waals surface area contributed by atoms with Crippen molar-refractivity contribution in [3.05, 3.63) is 47.9 Å². The van der Waals surface area contributed by atoms with Gasteiger partial charge in [0.1, 0.15) is 5.75 Å². The fraction of sp³-hybridized carbons (Fsp3) is 0.231. The van der Waals surface area contributed by atoms with Crippen molar-refractivity contribution < 1.29 is 9.15 Å². The largest absolute Gasteiger partial charge is 0.493 e. The van der Waals surface area contributed by atoms with Crippen LogP contribution < -0.4 is 10.1 Å². The number of ether oxygens (including phenoxy) is 1. The minimum absolute atomic E-state index is 0.788. The third-order valence-corrected chi connectivity index (χ3v) is 2.77. The number of hydrogen-bond acceptors (Lipinski definition) is 3. The highest BCUT2D eigenvalue weighted by Gasteiger charge is 2.11. The molecule has 0 fully saturated rings. The molecule has 2 aromatic rings. The molecule has 3 heteroatoms. The predicted molar refractivity (Wildman–Crippen MR) is 61.7 cm³/mol. The van der Waals surface area contributed by atoms with E-state index in [1.807, 2.05) is 18.2 Å². The van der Waals surface area contributed by atoms with Crippen LogP contribution in [-0.2, 0) is 13.0 Å². The number of furan rings is 1. The molecule has 1 aromatic carbocycles. The summed E-state index contributed by atoms with van der Waals surface area (Å²) in [6.45, 7) is 1.59. The Morgan fingerprint density at radius 1 is 1.25 bits per heavy atom. The average Bonchev–Trinajstić information content (AvgIpc) is 2.97. The summed E-state index contributed by atoms with van der Waals surface area (Å²) in [4.78, 5) is 0. The van der Waals surface area contributed by atoms with E-state index in [0.29, 0.717) is 0 Å². The van der Waals surface area contributed by atoms with Crippen LogP contribution in [0.15, 0.2) is 41.2 Å². The Hall–Kier alpha value is -1.90. The van der Waals surface area contributed by atoms with Crippen LogP contribution in [0.5, 0.6) is 5.75 Å². The molecule has 1 aliphatic rings. The van der Waals surface area contributed by atoms with Crippen LogP contribution in [0.25, 0.3) is 0 Å². The van der Waals surface area contributed by atoms with E-state index >= 15 is 0 Å². The summed E-state index contributed by atoms with van der Waals surface area (Å²) in [7, 11) is 0. The zero-order valence-electron chi connectivity index (χ0n) is 8.90. The molecule has 3 rings (SSSR count). The number of nitrogens with one attached hydrogen (secondary N) is 1. The van der Waals surface area contributed by atoms with Gasteiger partial charge in [-0.1, -0.05) is 0 Å². The van der Waals surface area contributed by atoms with Crippen molar-refractivity contribution in [1.82, 2.24) is 0 Å². The first kappa shape index (κ1) is 9.33. The molecule has 1 aliphatic heterocycles. The number of rotatable bonds is 3. The summed E-state index contributed by atoms with van der Waals surface area (Å²) in [5.74, 6) is 1.02. The number of anilines is 1. The van der Waals surface area contributed by atoms with E-state index in [0.717, 1.165) is 36.6 Å². The second-order valence-corrected chi connectivity index (χ2v) is 3.91. The lowest BCUT2D eigenvalue weighted by Gasteiger charge is -2.06. The third kappa shape index (κ3) is 1.76. The van der Waals surface area contributed by atoms with Gasteiger partial charge in [-0.3, -0.25) is 0 Å². The van der Waals surface area contributed by atoms with Gasteiger partial charge in [-0.15, -0.1) is 0 Å². The molecule has 1 aromatic heterocycles. The van der Waals surface area contributed by atoms with Crippen LogP contribution in [0.4, 0.5) is 5.69 Å². The standard InChI is InChI=1S/C13H13NO2/c1-2-13-11(4-6-16-13)7-12(1)14-8-10-3-5-15-9-10/h1-3,5,7,9,14H,4,6,8H2. The molecule has 82 valence electrons. The molecule has 0 atom stereocenters. The maximum Gasteiger partial charge on any atom is 0.122 e. The second kappa shape index (κ2) is 3.93. The predicted octanol–water partition coefficient (Wildman–Crippen LogP) is 2.83. The van der Waals surface area contributed by atoms with Crippen molar-refractivity contribution >= 4 is 5.69 Å². The highest BCUT2D eigenvalue weighted by atomic mass is 16.5. The second-order valence-electron chi connectivity index (χ2n) is 3.91.